The summed E-state index contributed by atoms with van der Waals surface area (Å²) in [6.45, 7) is 0. The molecule has 0 fully saturated rings. The van der Waals surface area contributed by atoms with Crippen LogP contribution in [0.2, 0.25) is 0 Å². The van der Waals surface area contributed by atoms with E-state index in [4.69, 9.17) is 15.0 Å². The predicted octanol–water partition coefficient (Wildman–Crippen LogP) is 14.0. The average molecular weight is 712 g/mol. The van der Waals surface area contributed by atoms with Crippen molar-refractivity contribution in [2.24, 2.45) is 0 Å². The Hall–Kier alpha value is -7.49. The van der Waals surface area contributed by atoms with E-state index >= 15 is 0 Å². The van der Waals surface area contributed by atoms with Crippen molar-refractivity contribution < 1.29 is 0 Å². The van der Waals surface area contributed by atoms with Crippen LogP contribution in [-0.2, 0) is 0 Å². The fraction of sp³-hybridized carbons (Fsp3) is 0. The molecule has 1 aromatic heterocycles. The summed E-state index contributed by atoms with van der Waals surface area (Å²) in [6, 6.07) is 71.4. The van der Waals surface area contributed by atoms with Crippen molar-refractivity contribution in [2.75, 3.05) is 0 Å². The first-order valence-corrected chi connectivity index (χ1v) is 19.0. The Labute approximate surface area is 324 Å². The van der Waals surface area contributed by atoms with Gasteiger partial charge in [-0.15, -0.1) is 0 Å². The molecular formula is C53H33N3. The standard InChI is InChI=1S/C53H33N3/c1-3-14-35(15-4-1)51-54-52(36-16-5-2-6-17-36)56-53(55-51)41-22-12-20-38(31-41)37-19-11-21-39(30-37)42-32-40-29-28-34-18-13-27-47-45-25-9-7-23-43(45)44-24-8-10-26-46(44)48(33-42)50(40)49(34)47/h1-33H. The highest BCUT2D eigenvalue weighted by Crippen LogP contribution is 2.42. The number of nitrogens with zero attached hydrogens (tertiary/aromatic N) is 3. The molecule has 0 radical (unpaired) electrons. The van der Waals surface area contributed by atoms with E-state index in [0.717, 1.165) is 33.4 Å². The van der Waals surface area contributed by atoms with Crippen LogP contribution < -0.4 is 0 Å². The van der Waals surface area contributed by atoms with Gasteiger partial charge in [0.15, 0.2) is 17.5 Å². The second-order valence-electron chi connectivity index (χ2n) is 14.4. The second-order valence-corrected chi connectivity index (χ2v) is 14.4. The first kappa shape index (κ1) is 32.0. The molecule has 0 aliphatic carbocycles. The quantitative estimate of drug-likeness (QED) is 0.167. The molecule has 0 N–H and O–H groups in total. The van der Waals surface area contributed by atoms with Crippen molar-refractivity contribution in [3.63, 3.8) is 0 Å². The lowest BCUT2D eigenvalue weighted by Gasteiger charge is -2.15. The van der Waals surface area contributed by atoms with Crippen LogP contribution in [0.15, 0.2) is 200 Å². The maximum absolute atomic E-state index is 5.00. The molecule has 0 spiro atoms. The molecule has 0 saturated heterocycles. The Bertz CT molecular complexity index is 3240. The Morgan fingerprint density at radius 1 is 0.214 bits per heavy atom. The van der Waals surface area contributed by atoms with E-state index in [1.54, 1.807) is 0 Å². The first-order valence-electron chi connectivity index (χ1n) is 19.0. The van der Waals surface area contributed by atoms with Crippen LogP contribution in [0.5, 0.6) is 0 Å². The van der Waals surface area contributed by atoms with Gasteiger partial charge in [0.2, 0.25) is 0 Å². The van der Waals surface area contributed by atoms with Gasteiger partial charge >= 0.3 is 0 Å². The second kappa shape index (κ2) is 13.1. The van der Waals surface area contributed by atoms with Gasteiger partial charge in [0.05, 0.1) is 0 Å². The lowest BCUT2D eigenvalue weighted by molar-refractivity contribution is 1.07. The highest BCUT2D eigenvalue weighted by Gasteiger charge is 2.16. The molecule has 0 saturated carbocycles. The largest absolute Gasteiger partial charge is 0.208 e. The lowest BCUT2D eigenvalue weighted by atomic mass is 9.88. The van der Waals surface area contributed by atoms with E-state index in [0.29, 0.717) is 17.5 Å². The molecule has 10 aromatic carbocycles. The number of rotatable bonds is 5. The number of aromatic nitrogens is 3. The van der Waals surface area contributed by atoms with Crippen molar-refractivity contribution in [1.82, 2.24) is 15.0 Å². The zero-order chi connectivity index (χ0) is 37.0. The van der Waals surface area contributed by atoms with E-state index in [9.17, 15) is 0 Å². The van der Waals surface area contributed by atoms with Gasteiger partial charge < -0.3 is 0 Å². The summed E-state index contributed by atoms with van der Waals surface area (Å²) in [5.74, 6) is 1.94. The van der Waals surface area contributed by atoms with E-state index in [2.05, 4.69) is 140 Å². The summed E-state index contributed by atoms with van der Waals surface area (Å²) in [5, 5.41) is 12.7. The topological polar surface area (TPSA) is 38.7 Å². The highest BCUT2D eigenvalue weighted by molar-refractivity contribution is 6.33. The molecule has 0 aliphatic heterocycles. The minimum Gasteiger partial charge on any atom is -0.208 e. The van der Waals surface area contributed by atoms with Crippen molar-refractivity contribution in [3.05, 3.63) is 200 Å². The first-order chi connectivity index (χ1) is 27.7. The monoisotopic (exact) mass is 711 g/mol. The van der Waals surface area contributed by atoms with Crippen LogP contribution in [0, 0.1) is 0 Å². The minimum absolute atomic E-state index is 0.642. The fourth-order valence-electron chi connectivity index (χ4n) is 8.41. The lowest BCUT2D eigenvalue weighted by Crippen LogP contribution is -2.00. The van der Waals surface area contributed by atoms with Gasteiger partial charge in [-0.05, 0) is 100 Å². The van der Waals surface area contributed by atoms with Crippen molar-refractivity contribution in [3.8, 4) is 56.4 Å². The summed E-state index contributed by atoms with van der Waals surface area (Å²) in [4.78, 5) is 14.9. The van der Waals surface area contributed by atoms with E-state index in [1.807, 2.05) is 60.7 Å². The third-order valence-corrected chi connectivity index (χ3v) is 11.0. The third-order valence-electron chi connectivity index (χ3n) is 11.0. The molecule has 11 aromatic rings. The van der Waals surface area contributed by atoms with Crippen LogP contribution in [0.1, 0.15) is 0 Å². The molecule has 3 nitrogen and oxygen atoms in total. The van der Waals surface area contributed by atoms with Crippen molar-refractivity contribution >= 4 is 53.9 Å². The van der Waals surface area contributed by atoms with Gasteiger partial charge in [0.1, 0.15) is 0 Å². The zero-order valence-corrected chi connectivity index (χ0v) is 30.4. The molecule has 0 aliphatic rings. The molecule has 56 heavy (non-hydrogen) atoms. The minimum atomic E-state index is 0.642. The van der Waals surface area contributed by atoms with Crippen molar-refractivity contribution in [2.45, 2.75) is 0 Å². The Morgan fingerprint density at radius 2 is 0.607 bits per heavy atom. The Morgan fingerprint density at radius 3 is 1.21 bits per heavy atom. The molecule has 11 rings (SSSR count). The third kappa shape index (κ3) is 5.40. The summed E-state index contributed by atoms with van der Waals surface area (Å²) in [7, 11) is 0. The maximum atomic E-state index is 5.00. The Balaban J connectivity index is 1.08. The fourth-order valence-corrected chi connectivity index (χ4v) is 8.41. The SMILES string of the molecule is c1ccc(-c2nc(-c3ccccc3)nc(-c3cccc(-c4cccc(-c5cc6ccc7cccc8c9ccccc9c9ccccc9c(c5)c6c78)c4)c3)n2)cc1. The molecule has 3 heteroatoms. The van der Waals surface area contributed by atoms with Crippen LogP contribution in [0.4, 0.5) is 0 Å². The van der Waals surface area contributed by atoms with Crippen LogP contribution in [0.25, 0.3) is 110 Å². The molecule has 0 bridgehead atoms. The summed E-state index contributed by atoms with van der Waals surface area (Å²) < 4.78 is 0. The van der Waals surface area contributed by atoms with Gasteiger partial charge in [0, 0.05) is 16.7 Å². The van der Waals surface area contributed by atoms with Gasteiger partial charge in [-0.25, -0.2) is 15.0 Å². The predicted molar refractivity (Wildman–Crippen MR) is 235 cm³/mol. The Kier molecular flexibility index (Phi) is 7.49. The summed E-state index contributed by atoms with van der Waals surface area (Å²) >= 11 is 0. The van der Waals surface area contributed by atoms with Crippen LogP contribution >= 0.6 is 0 Å². The molecule has 0 atom stereocenters. The summed E-state index contributed by atoms with van der Waals surface area (Å²) in [6.07, 6.45) is 0. The van der Waals surface area contributed by atoms with Crippen LogP contribution in [-0.4, -0.2) is 15.0 Å². The zero-order valence-electron chi connectivity index (χ0n) is 30.4. The number of fused-ring (bicyclic) bond motifs is 5. The van der Waals surface area contributed by atoms with E-state index in [-0.39, 0.29) is 0 Å². The molecule has 0 unspecified atom stereocenters. The van der Waals surface area contributed by atoms with Gasteiger partial charge in [-0.3, -0.25) is 0 Å². The van der Waals surface area contributed by atoms with Crippen LogP contribution in [0.3, 0.4) is 0 Å². The van der Waals surface area contributed by atoms with Gasteiger partial charge in [-0.1, -0.05) is 176 Å². The smallest absolute Gasteiger partial charge is 0.164 e. The van der Waals surface area contributed by atoms with Gasteiger partial charge in [-0.2, -0.15) is 0 Å². The van der Waals surface area contributed by atoms with E-state index < -0.39 is 0 Å². The highest BCUT2D eigenvalue weighted by atomic mass is 15.0. The molecular weight excluding hydrogens is 679 g/mol. The number of benzene rings is 9. The molecule has 260 valence electrons. The maximum Gasteiger partial charge on any atom is 0.164 e. The number of hydrogen-bond donors (Lipinski definition) is 0. The molecule has 1 heterocycles. The average Bonchev–Trinajstić information content (AvgIpc) is 3.28. The normalized spacial score (nSPS) is 11.6. The van der Waals surface area contributed by atoms with Crippen molar-refractivity contribution in [1.29, 1.82) is 0 Å². The van der Waals surface area contributed by atoms with E-state index in [1.165, 1.54) is 59.4 Å². The number of hydrogen-bond acceptors (Lipinski definition) is 3. The molecule has 0 amide bonds. The van der Waals surface area contributed by atoms with Gasteiger partial charge in [0.25, 0.3) is 0 Å². The summed E-state index contributed by atoms with van der Waals surface area (Å²) in [5.41, 5.74) is 7.42.